The Kier molecular flexibility index (Phi) is 4.49. The molecule has 0 spiro atoms. The van der Waals surface area contributed by atoms with Gasteiger partial charge < -0.3 is 0 Å². The molecule has 9 heteroatoms. The van der Waals surface area contributed by atoms with Crippen LogP contribution in [0.3, 0.4) is 0 Å². The zero-order valence-electron chi connectivity index (χ0n) is 15.2. The third kappa shape index (κ3) is 3.02. The molecule has 3 nitrogen and oxygen atoms in total. The van der Waals surface area contributed by atoms with E-state index in [9.17, 15) is 22.0 Å². The second-order valence-corrected chi connectivity index (χ2v) is 6.99. The van der Waals surface area contributed by atoms with E-state index in [0.717, 1.165) is 18.2 Å². The smallest absolute Gasteiger partial charge is 0.298 e. The molecule has 150 valence electrons. The quantitative estimate of drug-likeness (QED) is 0.454. The van der Waals surface area contributed by atoms with Crippen molar-refractivity contribution in [2.24, 2.45) is 4.99 Å². The summed E-state index contributed by atoms with van der Waals surface area (Å²) in [4.78, 5) is 8.62. The maximum absolute atomic E-state index is 14.5. The Balaban J connectivity index is 2.13. The van der Waals surface area contributed by atoms with Gasteiger partial charge in [0.2, 0.25) is 0 Å². The standard InChI is InChI=1S/C20H13ClF5N3/c1-9-10(2)29-14-7-6-11(20(24,25)26)18(21)17(14)19(27-8-15(29)28-9)16-12(22)4-3-5-13(16)23/h3-7H,8H2,1-2H3. The van der Waals surface area contributed by atoms with Crippen molar-refractivity contribution in [3.8, 4) is 5.69 Å². The fourth-order valence-corrected chi connectivity index (χ4v) is 3.82. The fourth-order valence-electron chi connectivity index (χ4n) is 3.46. The van der Waals surface area contributed by atoms with Crippen LogP contribution in [-0.4, -0.2) is 15.3 Å². The van der Waals surface area contributed by atoms with Crippen LogP contribution in [0.25, 0.3) is 5.69 Å². The molecule has 3 aromatic rings. The van der Waals surface area contributed by atoms with Crippen molar-refractivity contribution < 1.29 is 22.0 Å². The fraction of sp³-hybridized carbons (Fsp3) is 0.200. The molecular weight excluding hydrogens is 413 g/mol. The van der Waals surface area contributed by atoms with E-state index in [-0.39, 0.29) is 23.5 Å². The Hall–Kier alpha value is -2.74. The molecule has 29 heavy (non-hydrogen) atoms. The number of nitrogens with zero attached hydrogens (tertiary/aromatic N) is 3. The molecule has 4 rings (SSSR count). The van der Waals surface area contributed by atoms with E-state index in [1.165, 1.54) is 12.1 Å². The lowest BCUT2D eigenvalue weighted by Crippen LogP contribution is -2.16. The monoisotopic (exact) mass is 425 g/mol. The highest BCUT2D eigenvalue weighted by Gasteiger charge is 2.37. The molecule has 2 heterocycles. The van der Waals surface area contributed by atoms with Crippen molar-refractivity contribution in [3.05, 3.63) is 80.9 Å². The van der Waals surface area contributed by atoms with Crippen LogP contribution in [0.4, 0.5) is 22.0 Å². The SMILES string of the molecule is Cc1nc2n(c1C)-c1ccc(C(F)(F)F)c(Cl)c1C(c1c(F)cccc1F)=NC2. The first-order chi connectivity index (χ1) is 13.6. The van der Waals surface area contributed by atoms with Crippen molar-refractivity contribution >= 4 is 17.3 Å². The van der Waals surface area contributed by atoms with E-state index < -0.39 is 34.0 Å². The predicted molar refractivity (Wildman–Crippen MR) is 98.8 cm³/mol. The molecular formula is C20H13ClF5N3. The zero-order chi connectivity index (χ0) is 21.1. The van der Waals surface area contributed by atoms with Gasteiger partial charge in [0.15, 0.2) is 0 Å². The highest BCUT2D eigenvalue weighted by molar-refractivity contribution is 6.37. The van der Waals surface area contributed by atoms with Crippen LogP contribution >= 0.6 is 11.6 Å². The molecule has 1 aromatic heterocycles. The van der Waals surface area contributed by atoms with Gasteiger partial charge in [0.05, 0.1) is 39.8 Å². The normalized spacial score (nSPS) is 13.6. The number of rotatable bonds is 1. The second kappa shape index (κ2) is 6.66. The molecule has 0 aliphatic carbocycles. The summed E-state index contributed by atoms with van der Waals surface area (Å²) < 4.78 is 71.1. The molecule has 1 aliphatic rings. The molecule has 0 saturated heterocycles. The molecule has 0 fully saturated rings. The van der Waals surface area contributed by atoms with Gasteiger partial charge in [-0.1, -0.05) is 17.7 Å². The average molecular weight is 426 g/mol. The van der Waals surface area contributed by atoms with E-state index >= 15 is 0 Å². The molecule has 0 N–H and O–H groups in total. The first-order valence-corrected chi connectivity index (χ1v) is 8.93. The van der Waals surface area contributed by atoms with E-state index in [4.69, 9.17) is 11.6 Å². The van der Waals surface area contributed by atoms with E-state index in [2.05, 4.69) is 9.98 Å². The molecule has 0 atom stereocenters. The Morgan fingerprint density at radius 1 is 1.00 bits per heavy atom. The predicted octanol–water partition coefficient (Wildman–Crippen LogP) is 5.79. The minimum atomic E-state index is -4.75. The maximum Gasteiger partial charge on any atom is 0.417 e. The van der Waals surface area contributed by atoms with E-state index in [0.29, 0.717) is 17.2 Å². The average Bonchev–Trinajstić information content (AvgIpc) is 2.81. The van der Waals surface area contributed by atoms with Gasteiger partial charge in [-0.3, -0.25) is 9.56 Å². The lowest BCUT2D eigenvalue weighted by atomic mass is 9.97. The molecule has 0 radical (unpaired) electrons. The molecule has 0 bridgehead atoms. The number of alkyl halides is 3. The van der Waals surface area contributed by atoms with Crippen LogP contribution in [0.15, 0.2) is 35.3 Å². The van der Waals surface area contributed by atoms with Crippen molar-refractivity contribution in [3.63, 3.8) is 0 Å². The minimum Gasteiger partial charge on any atom is -0.298 e. The van der Waals surface area contributed by atoms with Crippen LogP contribution in [0.2, 0.25) is 5.02 Å². The summed E-state index contributed by atoms with van der Waals surface area (Å²) in [6.07, 6.45) is -4.75. The van der Waals surface area contributed by atoms with Crippen molar-refractivity contribution in [2.75, 3.05) is 0 Å². The maximum atomic E-state index is 14.5. The van der Waals surface area contributed by atoms with Gasteiger partial charge in [0, 0.05) is 11.3 Å². The largest absolute Gasteiger partial charge is 0.417 e. The summed E-state index contributed by atoms with van der Waals surface area (Å²) in [6, 6.07) is 5.27. The van der Waals surface area contributed by atoms with Crippen LogP contribution in [-0.2, 0) is 12.7 Å². The molecule has 2 aromatic carbocycles. The lowest BCUT2D eigenvalue weighted by Gasteiger charge is -2.19. The van der Waals surface area contributed by atoms with Gasteiger partial charge in [-0.25, -0.2) is 13.8 Å². The van der Waals surface area contributed by atoms with Gasteiger partial charge >= 0.3 is 6.18 Å². The summed E-state index contributed by atoms with van der Waals surface area (Å²) in [5.74, 6) is -1.46. The number of aliphatic imine (C=N–C) groups is 1. The van der Waals surface area contributed by atoms with Crippen LogP contribution in [0.1, 0.15) is 33.9 Å². The van der Waals surface area contributed by atoms with Crippen LogP contribution in [0.5, 0.6) is 0 Å². The summed E-state index contributed by atoms with van der Waals surface area (Å²) in [7, 11) is 0. The molecule has 1 aliphatic heterocycles. The van der Waals surface area contributed by atoms with Gasteiger partial charge in [-0.2, -0.15) is 13.2 Å². The first-order valence-electron chi connectivity index (χ1n) is 8.55. The Labute approximate surface area is 167 Å². The number of aryl methyl sites for hydroxylation is 1. The molecule has 0 saturated carbocycles. The molecule has 0 unspecified atom stereocenters. The summed E-state index contributed by atoms with van der Waals surface area (Å²) in [5, 5.41) is -0.671. The third-order valence-electron chi connectivity index (χ3n) is 4.90. The summed E-state index contributed by atoms with van der Waals surface area (Å²) in [5.41, 5.74) is -0.551. The number of imidazole rings is 1. The van der Waals surface area contributed by atoms with Gasteiger partial charge in [-0.05, 0) is 38.1 Å². The Bertz CT molecular complexity index is 1160. The van der Waals surface area contributed by atoms with E-state index in [1.54, 1.807) is 18.4 Å². The Morgan fingerprint density at radius 2 is 1.66 bits per heavy atom. The summed E-state index contributed by atoms with van der Waals surface area (Å²) in [6.45, 7) is 3.42. The van der Waals surface area contributed by atoms with Gasteiger partial charge in [0.1, 0.15) is 17.5 Å². The van der Waals surface area contributed by atoms with Crippen molar-refractivity contribution in [2.45, 2.75) is 26.6 Å². The van der Waals surface area contributed by atoms with Gasteiger partial charge in [-0.15, -0.1) is 0 Å². The number of hydrogen-bond acceptors (Lipinski definition) is 2. The lowest BCUT2D eigenvalue weighted by molar-refractivity contribution is -0.137. The van der Waals surface area contributed by atoms with E-state index in [1.807, 2.05) is 0 Å². The number of fused-ring (bicyclic) bond motifs is 3. The van der Waals surface area contributed by atoms with Crippen LogP contribution in [0, 0.1) is 25.5 Å². The first kappa shape index (κ1) is 19.6. The summed E-state index contributed by atoms with van der Waals surface area (Å²) >= 11 is 6.18. The number of halogens is 6. The third-order valence-corrected chi connectivity index (χ3v) is 5.29. The topological polar surface area (TPSA) is 30.2 Å². The number of aromatic nitrogens is 2. The number of hydrogen-bond donors (Lipinski definition) is 0. The molecule has 0 amide bonds. The van der Waals surface area contributed by atoms with Crippen LogP contribution < -0.4 is 0 Å². The second-order valence-electron chi connectivity index (χ2n) is 6.61. The number of benzene rings is 2. The Morgan fingerprint density at radius 3 is 2.28 bits per heavy atom. The van der Waals surface area contributed by atoms with Gasteiger partial charge in [0.25, 0.3) is 0 Å². The van der Waals surface area contributed by atoms with Crippen molar-refractivity contribution in [1.29, 1.82) is 0 Å². The highest BCUT2D eigenvalue weighted by atomic mass is 35.5. The minimum absolute atomic E-state index is 0.0792. The highest BCUT2D eigenvalue weighted by Crippen LogP contribution is 2.41. The zero-order valence-corrected chi connectivity index (χ0v) is 16.0. The van der Waals surface area contributed by atoms with Crippen molar-refractivity contribution in [1.82, 2.24) is 9.55 Å².